The van der Waals surface area contributed by atoms with Crippen molar-refractivity contribution in [3.05, 3.63) is 59.7 Å². The van der Waals surface area contributed by atoms with Gasteiger partial charge in [0.25, 0.3) is 0 Å². The van der Waals surface area contributed by atoms with E-state index in [-0.39, 0.29) is 5.78 Å². The number of carbonyl (C=O) groups excluding carboxylic acids is 1. The normalized spacial score (nSPS) is 11.0. The first-order valence-corrected chi connectivity index (χ1v) is 8.88. The van der Waals surface area contributed by atoms with Crippen molar-refractivity contribution >= 4 is 17.5 Å². The molecule has 0 N–H and O–H groups in total. The molecule has 24 heavy (non-hydrogen) atoms. The zero-order valence-corrected chi connectivity index (χ0v) is 14.9. The van der Waals surface area contributed by atoms with Crippen molar-refractivity contribution in [3.8, 4) is 5.69 Å². The first-order chi connectivity index (χ1) is 11.6. The second kappa shape index (κ2) is 7.05. The molecule has 0 amide bonds. The molecule has 1 aromatic carbocycles. The van der Waals surface area contributed by atoms with Crippen molar-refractivity contribution < 1.29 is 4.79 Å². The van der Waals surface area contributed by atoms with Crippen molar-refractivity contribution in [1.82, 2.24) is 19.3 Å². The van der Waals surface area contributed by atoms with E-state index in [1.54, 1.807) is 6.33 Å². The Labute approximate surface area is 145 Å². The van der Waals surface area contributed by atoms with Crippen LogP contribution in [0, 0.1) is 13.8 Å². The van der Waals surface area contributed by atoms with Gasteiger partial charge in [-0.3, -0.25) is 9.36 Å². The number of Topliss-reactive ketones (excluding diaryl/α,β-unsaturated/α-hetero) is 1. The molecule has 0 saturated heterocycles. The van der Waals surface area contributed by atoms with Gasteiger partial charge in [-0.2, -0.15) is 0 Å². The van der Waals surface area contributed by atoms with Crippen LogP contribution >= 0.6 is 11.8 Å². The molecule has 124 valence electrons. The Morgan fingerprint density at radius 3 is 2.62 bits per heavy atom. The van der Waals surface area contributed by atoms with Crippen molar-refractivity contribution in [3.63, 3.8) is 0 Å². The summed E-state index contributed by atoms with van der Waals surface area (Å²) in [5, 5.41) is 8.83. The first kappa shape index (κ1) is 16.5. The third-order valence-electron chi connectivity index (χ3n) is 4.07. The number of para-hydroxylation sites is 1. The van der Waals surface area contributed by atoms with E-state index in [0.717, 1.165) is 34.3 Å². The second-order valence-electron chi connectivity index (χ2n) is 5.56. The number of carbonyl (C=O) groups is 1. The number of aromatic nitrogens is 4. The predicted molar refractivity (Wildman–Crippen MR) is 96.0 cm³/mol. The highest BCUT2D eigenvalue weighted by Gasteiger charge is 2.16. The van der Waals surface area contributed by atoms with Gasteiger partial charge in [-0.1, -0.05) is 30.0 Å². The number of thioether (sulfide) groups is 1. The average Bonchev–Trinajstić information content (AvgIpc) is 3.17. The van der Waals surface area contributed by atoms with Gasteiger partial charge in [-0.05, 0) is 39.0 Å². The third kappa shape index (κ3) is 3.14. The van der Waals surface area contributed by atoms with Crippen molar-refractivity contribution in [2.24, 2.45) is 0 Å². The minimum atomic E-state index is 0.121. The fourth-order valence-corrected chi connectivity index (χ4v) is 3.68. The summed E-state index contributed by atoms with van der Waals surface area (Å²) in [6.45, 7) is 7.00. The number of nitrogens with zero attached hydrogens (tertiary/aromatic N) is 4. The molecular weight excluding hydrogens is 320 g/mol. The summed E-state index contributed by atoms with van der Waals surface area (Å²) in [6.07, 6.45) is 1.67. The van der Waals surface area contributed by atoms with E-state index in [0.29, 0.717) is 5.75 Å². The maximum atomic E-state index is 12.6. The van der Waals surface area contributed by atoms with Crippen molar-refractivity contribution in [1.29, 1.82) is 0 Å². The molecule has 0 aliphatic carbocycles. The lowest BCUT2D eigenvalue weighted by molar-refractivity contribution is 0.102. The molecule has 2 heterocycles. The number of hydrogen-bond acceptors (Lipinski definition) is 4. The molecule has 0 unspecified atom stereocenters. The average molecular weight is 340 g/mol. The van der Waals surface area contributed by atoms with Crippen LogP contribution in [0.15, 0.2) is 47.9 Å². The molecule has 0 radical (unpaired) electrons. The molecule has 3 aromatic rings. The maximum Gasteiger partial charge on any atom is 0.196 e. The van der Waals surface area contributed by atoms with Gasteiger partial charge in [0, 0.05) is 29.2 Å². The van der Waals surface area contributed by atoms with E-state index in [4.69, 9.17) is 0 Å². The highest BCUT2D eigenvalue weighted by Crippen LogP contribution is 2.22. The van der Waals surface area contributed by atoms with Gasteiger partial charge in [0.15, 0.2) is 10.9 Å². The van der Waals surface area contributed by atoms with Crippen LogP contribution in [0.2, 0.25) is 0 Å². The summed E-state index contributed by atoms with van der Waals surface area (Å²) in [7, 11) is 0. The van der Waals surface area contributed by atoms with Crippen molar-refractivity contribution in [2.45, 2.75) is 32.5 Å². The van der Waals surface area contributed by atoms with Gasteiger partial charge in [0.2, 0.25) is 0 Å². The van der Waals surface area contributed by atoms with Gasteiger partial charge in [0.05, 0.1) is 5.75 Å². The van der Waals surface area contributed by atoms with Crippen molar-refractivity contribution in [2.75, 3.05) is 5.75 Å². The van der Waals surface area contributed by atoms with E-state index in [9.17, 15) is 4.79 Å². The lowest BCUT2D eigenvalue weighted by Gasteiger charge is -2.07. The van der Waals surface area contributed by atoms with E-state index in [1.165, 1.54) is 11.8 Å². The lowest BCUT2D eigenvalue weighted by atomic mass is 10.2. The van der Waals surface area contributed by atoms with Crippen LogP contribution in [0.3, 0.4) is 0 Å². The monoisotopic (exact) mass is 340 g/mol. The van der Waals surface area contributed by atoms with Gasteiger partial charge in [-0.15, -0.1) is 10.2 Å². The largest absolute Gasteiger partial charge is 0.349 e. The summed E-state index contributed by atoms with van der Waals surface area (Å²) in [5.41, 5.74) is 3.94. The minimum Gasteiger partial charge on any atom is -0.349 e. The molecule has 0 saturated carbocycles. The van der Waals surface area contributed by atoms with E-state index in [2.05, 4.69) is 21.7 Å². The molecule has 0 bridgehead atoms. The Morgan fingerprint density at radius 2 is 1.96 bits per heavy atom. The smallest absolute Gasteiger partial charge is 0.196 e. The van der Waals surface area contributed by atoms with Gasteiger partial charge in [0.1, 0.15) is 6.33 Å². The fraction of sp³-hybridized carbons (Fsp3) is 0.278. The summed E-state index contributed by atoms with van der Waals surface area (Å²) < 4.78 is 4.05. The molecule has 5 nitrogen and oxygen atoms in total. The number of benzene rings is 1. The lowest BCUT2D eigenvalue weighted by Crippen LogP contribution is -2.06. The predicted octanol–water partition coefficient (Wildman–Crippen LogP) is 3.68. The van der Waals surface area contributed by atoms with Crippen LogP contribution in [-0.2, 0) is 6.54 Å². The van der Waals surface area contributed by atoms with Gasteiger partial charge in [-0.25, -0.2) is 0 Å². The van der Waals surface area contributed by atoms with Crippen LogP contribution in [-0.4, -0.2) is 30.9 Å². The Morgan fingerprint density at radius 1 is 1.21 bits per heavy atom. The molecule has 2 aromatic heterocycles. The van der Waals surface area contributed by atoms with Crippen LogP contribution in [0.4, 0.5) is 0 Å². The number of rotatable bonds is 6. The molecule has 0 aliphatic rings. The Kier molecular flexibility index (Phi) is 4.85. The van der Waals surface area contributed by atoms with Crippen LogP contribution in [0.5, 0.6) is 0 Å². The third-order valence-corrected chi connectivity index (χ3v) is 5.02. The quantitative estimate of drug-likeness (QED) is 0.507. The zero-order chi connectivity index (χ0) is 17.1. The standard InChI is InChI=1S/C18H20N4OS/c1-4-21-13(2)10-16(14(21)3)17(23)11-24-18-20-19-12-22(18)15-8-6-5-7-9-15/h5-10,12H,4,11H2,1-3H3. The Bertz CT molecular complexity index is 851. The Balaban J connectivity index is 1.76. The molecule has 0 spiro atoms. The summed E-state index contributed by atoms with van der Waals surface area (Å²) in [6, 6.07) is 11.9. The molecule has 3 rings (SSSR count). The number of ketones is 1. The van der Waals surface area contributed by atoms with Gasteiger partial charge >= 0.3 is 0 Å². The summed E-state index contributed by atoms with van der Waals surface area (Å²) in [4.78, 5) is 12.6. The van der Waals surface area contributed by atoms with Gasteiger partial charge < -0.3 is 4.57 Å². The van der Waals surface area contributed by atoms with Crippen LogP contribution in [0.25, 0.3) is 5.69 Å². The number of hydrogen-bond donors (Lipinski definition) is 0. The SMILES string of the molecule is CCn1c(C)cc(C(=O)CSc2nncn2-c2ccccc2)c1C. The molecule has 6 heteroatoms. The van der Waals surface area contributed by atoms with Crippen LogP contribution < -0.4 is 0 Å². The second-order valence-corrected chi connectivity index (χ2v) is 6.50. The summed E-state index contributed by atoms with van der Waals surface area (Å²) >= 11 is 1.41. The fourth-order valence-electron chi connectivity index (χ4n) is 2.87. The Hall–Kier alpha value is -2.34. The van der Waals surface area contributed by atoms with E-state index < -0.39 is 0 Å². The summed E-state index contributed by atoms with van der Waals surface area (Å²) in [5.74, 6) is 0.468. The zero-order valence-electron chi connectivity index (χ0n) is 14.1. The van der Waals surface area contributed by atoms with Crippen LogP contribution in [0.1, 0.15) is 28.7 Å². The first-order valence-electron chi connectivity index (χ1n) is 7.90. The maximum absolute atomic E-state index is 12.6. The van der Waals surface area contributed by atoms with E-state index >= 15 is 0 Å². The highest BCUT2D eigenvalue weighted by atomic mass is 32.2. The molecular formula is C18H20N4OS. The minimum absolute atomic E-state index is 0.121. The topological polar surface area (TPSA) is 52.7 Å². The molecule has 0 aliphatic heterocycles. The van der Waals surface area contributed by atoms with E-state index in [1.807, 2.05) is 54.8 Å². The number of aryl methyl sites for hydroxylation is 1. The molecule has 0 fully saturated rings. The highest BCUT2D eigenvalue weighted by molar-refractivity contribution is 7.99. The molecule has 0 atom stereocenters.